The average molecular weight is 292 g/mol. The molecular weight excluding hydrogens is 272 g/mol. The smallest absolute Gasteiger partial charge is 0.305 e. The normalized spacial score (nSPS) is 11.0. The first kappa shape index (κ1) is 15.2. The van der Waals surface area contributed by atoms with Crippen LogP contribution >= 0.6 is 0 Å². The number of rotatable bonds is 8. The Morgan fingerprint density at radius 1 is 1.43 bits per heavy atom. The maximum Gasteiger partial charge on any atom is 0.305 e. The summed E-state index contributed by atoms with van der Waals surface area (Å²) in [4.78, 5) is 12.7. The molecule has 0 unspecified atom stereocenters. The number of aliphatic carboxylic acids is 1. The van der Waals surface area contributed by atoms with Crippen molar-refractivity contribution in [3.63, 3.8) is 0 Å². The van der Waals surface area contributed by atoms with Crippen molar-refractivity contribution in [3.8, 4) is 0 Å². The molecule has 0 atom stereocenters. The quantitative estimate of drug-likeness (QED) is 0.757. The molecule has 21 heavy (non-hydrogen) atoms. The molecule has 0 aliphatic rings. The van der Waals surface area contributed by atoms with Crippen LogP contribution in [-0.2, 0) is 11.3 Å². The summed E-state index contributed by atoms with van der Waals surface area (Å²) in [7, 11) is 0. The standard InChI is InChI=1S/C14H20N4O3/c1-2-17(8-6-14(20)21)11-4-5-13-12(10-11)15-16-18(13)7-3-9-19/h4-5,10,19H,2-3,6-9H2,1H3,(H,20,21). The van der Waals surface area contributed by atoms with Crippen molar-refractivity contribution in [2.75, 3.05) is 24.6 Å². The summed E-state index contributed by atoms with van der Waals surface area (Å²) in [6.07, 6.45) is 0.745. The van der Waals surface area contributed by atoms with Gasteiger partial charge in [-0.3, -0.25) is 4.79 Å². The predicted octanol–water partition coefficient (Wildman–Crippen LogP) is 1.11. The molecule has 0 saturated heterocycles. The van der Waals surface area contributed by atoms with E-state index in [9.17, 15) is 4.79 Å². The molecule has 0 spiro atoms. The van der Waals surface area contributed by atoms with E-state index in [0.29, 0.717) is 19.5 Å². The van der Waals surface area contributed by atoms with Gasteiger partial charge < -0.3 is 15.1 Å². The first-order chi connectivity index (χ1) is 10.2. The highest BCUT2D eigenvalue weighted by Crippen LogP contribution is 2.21. The second kappa shape index (κ2) is 7.03. The van der Waals surface area contributed by atoms with E-state index in [4.69, 9.17) is 10.2 Å². The number of benzene rings is 1. The van der Waals surface area contributed by atoms with Crippen molar-refractivity contribution in [2.45, 2.75) is 26.3 Å². The van der Waals surface area contributed by atoms with Crippen LogP contribution in [0, 0.1) is 0 Å². The fourth-order valence-electron chi connectivity index (χ4n) is 2.24. The highest BCUT2D eigenvalue weighted by Gasteiger charge is 2.10. The maximum atomic E-state index is 10.7. The summed E-state index contributed by atoms with van der Waals surface area (Å²) in [6.45, 7) is 3.94. The van der Waals surface area contributed by atoms with E-state index >= 15 is 0 Å². The van der Waals surface area contributed by atoms with E-state index in [0.717, 1.165) is 23.3 Å². The van der Waals surface area contributed by atoms with Gasteiger partial charge in [0.2, 0.25) is 0 Å². The van der Waals surface area contributed by atoms with Crippen molar-refractivity contribution in [1.82, 2.24) is 15.0 Å². The summed E-state index contributed by atoms with van der Waals surface area (Å²) in [5.74, 6) is -0.801. The van der Waals surface area contributed by atoms with Gasteiger partial charge in [-0.25, -0.2) is 4.68 Å². The van der Waals surface area contributed by atoms with E-state index in [-0.39, 0.29) is 13.0 Å². The molecule has 0 saturated carbocycles. The first-order valence-electron chi connectivity index (χ1n) is 7.06. The van der Waals surface area contributed by atoms with Crippen molar-refractivity contribution in [3.05, 3.63) is 18.2 Å². The summed E-state index contributed by atoms with van der Waals surface area (Å²) in [5, 5.41) is 25.9. The minimum Gasteiger partial charge on any atom is -0.481 e. The van der Waals surface area contributed by atoms with Gasteiger partial charge in [0.25, 0.3) is 0 Å². The number of hydrogen-bond donors (Lipinski definition) is 2. The van der Waals surface area contributed by atoms with E-state index in [2.05, 4.69) is 10.3 Å². The summed E-state index contributed by atoms with van der Waals surface area (Å²) < 4.78 is 1.77. The molecule has 1 aromatic heterocycles. The average Bonchev–Trinajstić information content (AvgIpc) is 2.88. The maximum absolute atomic E-state index is 10.7. The Kier molecular flexibility index (Phi) is 5.10. The largest absolute Gasteiger partial charge is 0.481 e. The molecule has 7 nitrogen and oxygen atoms in total. The fourth-order valence-corrected chi connectivity index (χ4v) is 2.24. The second-order valence-electron chi connectivity index (χ2n) is 4.79. The third kappa shape index (κ3) is 3.69. The van der Waals surface area contributed by atoms with Crippen LogP contribution in [0.3, 0.4) is 0 Å². The van der Waals surface area contributed by atoms with Gasteiger partial charge in [0.1, 0.15) is 5.52 Å². The molecule has 0 fully saturated rings. The summed E-state index contributed by atoms with van der Waals surface area (Å²) >= 11 is 0. The van der Waals surface area contributed by atoms with Crippen molar-refractivity contribution in [2.24, 2.45) is 0 Å². The van der Waals surface area contributed by atoms with E-state index in [1.807, 2.05) is 30.0 Å². The molecule has 0 aliphatic carbocycles. The Labute approximate surface area is 122 Å². The molecule has 0 radical (unpaired) electrons. The summed E-state index contributed by atoms with van der Waals surface area (Å²) in [5.41, 5.74) is 2.64. The molecular formula is C14H20N4O3. The van der Waals surface area contributed by atoms with E-state index in [1.54, 1.807) is 4.68 Å². The zero-order valence-electron chi connectivity index (χ0n) is 12.1. The number of carbonyl (C=O) groups is 1. The van der Waals surface area contributed by atoms with Gasteiger partial charge in [-0.15, -0.1) is 5.10 Å². The monoisotopic (exact) mass is 292 g/mol. The molecule has 0 bridgehead atoms. The molecule has 2 rings (SSSR count). The van der Waals surface area contributed by atoms with Gasteiger partial charge in [-0.2, -0.15) is 0 Å². The molecule has 114 valence electrons. The van der Waals surface area contributed by atoms with Crippen LogP contribution in [0.2, 0.25) is 0 Å². The van der Waals surface area contributed by atoms with Gasteiger partial charge in [0.05, 0.1) is 11.9 Å². The van der Waals surface area contributed by atoms with Gasteiger partial charge in [-0.1, -0.05) is 5.21 Å². The highest BCUT2D eigenvalue weighted by molar-refractivity contribution is 5.79. The van der Waals surface area contributed by atoms with Gasteiger partial charge in [0.15, 0.2) is 0 Å². The number of aliphatic hydroxyl groups excluding tert-OH is 1. The van der Waals surface area contributed by atoms with Crippen LogP contribution in [0.4, 0.5) is 5.69 Å². The fraction of sp³-hybridized carbons (Fsp3) is 0.500. The Bertz CT molecular complexity index is 611. The SMILES string of the molecule is CCN(CCC(=O)O)c1ccc2c(c1)nnn2CCCO. The topological polar surface area (TPSA) is 91.5 Å². The van der Waals surface area contributed by atoms with Crippen LogP contribution in [0.5, 0.6) is 0 Å². The molecule has 1 aromatic carbocycles. The van der Waals surface area contributed by atoms with Crippen LogP contribution in [0.15, 0.2) is 18.2 Å². The van der Waals surface area contributed by atoms with Crippen molar-refractivity contribution >= 4 is 22.7 Å². The third-order valence-electron chi connectivity index (χ3n) is 3.37. The van der Waals surface area contributed by atoms with E-state index < -0.39 is 5.97 Å². The lowest BCUT2D eigenvalue weighted by Gasteiger charge is -2.22. The first-order valence-corrected chi connectivity index (χ1v) is 7.06. The third-order valence-corrected chi connectivity index (χ3v) is 3.37. The summed E-state index contributed by atoms with van der Waals surface area (Å²) in [6, 6.07) is 5.81. The molecule has 0 amide bonds. The lowest BCUT2D eigenvalue weighted by molar-refractivity contribution is -0.136. The molecule has 1 heterocycles. The Hall–Kier alpha value is -2.15. The lowest BCUT2D eigenvalue weighted by atomic mass is 10.2. The highest BCUT2D eigenvalue weighted by atomic mass is 16.4. The number of aryl methyl sites for hydroxylation is 1. The van der Waals surface area contributed by atoms with Gasteiger partial charge >= 0.3 is 5.97 Å². The zero-order valence-corrected chi connectivity index (χ0v) is 12.1. The Morgan fingerprint density at radius 2 is 2.24 bits per heavy atom. The number of hydrogen-bond acceptors (Lipinski definition) is 5. The van der Waals surface area contributed by atoms with Crippen LogP contribution in [-0.4, -0.2) is 50.9 Å². The molecule has 2 N–H and O–H groups in total. The van der Waals surface area contributed by atoms with Crippen LogP contribution in [0.25, 0.3) is 11.0 Å². The lowest BCUT2D eigenvalue weighted by Crippen LogP contribution is -2.25. The molecule has 2 aromatic rings. The zero-order chi connectivity index (χ0) is 15.2. The Morgan fingerprint density at radius 3 is 2.90 bits per heavy atom. The number of nitrogens with zero attached hydrogens (tertiary/aromatic N) is 4. The number of aromatic nitrogens is 3. The van der Waals surface area contributed by atoms with Crippen LogP contribution in [0.1, 0.15) is 19.8 Å². The van der Waals surface area contributed by atoms with Crippen molar-refractivity contribution < 1.29 is 15.0 Å². The number of fused-ring (bicyclic) bond motifs is 1. The number of carboxylic acids is 1. The van der Waals surface area contributed by atoms with Crippen LogP contribution < -0.4 is 4.90 Å². The van der Waals surface area contributed by atoms with Gasteiger partial charge in [-0.05, 0) is 31.5 Å². The van der Waals surface area contributed by atoms with E-state index in [1.165, 1.54) is 0 Å². The molecule has 0 aliphatic heterocycles. The number of carboxylic acid groups (broad SMARTS) is 1. The molecule has 7 heteroatoms. The predicted molar refractivity (Wildman–Crippen MR) is 79.4 cm³/mol. The van der Waals surface area contributed by atoms with Crippen molar-refractivity contribution in [1.29, 1.82) is 0 Å². The minimum absolute atomic E-state index is 0.106. The van der Waals surface area contributed by atoms with Gasteiger partial charge in [0, 0.05) is 31.9 Å². The number of aliphatic hydroxyl groups is 1. The minimum atomic E-state index is -0.801. The Balaban J connectivity index is 2.19. The number of anilines is 1. The second-order valence-corrected chi connectivity index (χ2v) is 4.79.